The van der Waals surface area contributed by atoms with Crippen molar-refractivity contribution in [3.63, 3.8) is 0 Å². The highest BCUT2D eigenvalue weighted by Gasteiger charge is 2.24. The minimum atomic E-state index is -1.67. The van der Waals surface area contributed by atoms with E-state index in [4.69, 9.17) is 5.73 Å². The van der Waals surface area contributed by atoms with Gasteiger partial charge in [-0.1, -0.05) is 30.3 Å². The van der Waals surface area contributed by atoms with Gasteiger partial charge in [0, 0.05) is 0 Å². The highest BCUT2D eigenvalue weighted by Crippen LogP contribution is 2.21. The number of benzene rings is 2. The number of hydrogen-bond acceptors (Lipinski definition) is 2. The van der Waals surface area contributed by atoms with Crippen molar-refractivity contribution in [1.82, 2.24) is 0 Å². The standard InChI is InChI=1S/C14H10F3NO/c15-10-7-6-9(11(16)12(10)17)14(19)13(18)8-4-2-1-3-5-8/h1-7,13H,18H2/t13-/m1/s1. The van der Waals surface area contributed by atoms with E-state index in [0.717, 1.165) is 6.07 Å². The van der Waals surface area contributed by atoms with Crippen LogP contribution in [0.25, 0.3) is 0 Å². The predicted molar refractivity (Wildman–Crippen MR) is 64.0 cm³/mol. The molecular weight excluding hydrogens is 255 g/mol. The molecule has 1 atom stereocenters. The smallest absolute Gasteiger partial charge is 0.195 e. The fraction of sp³-hybridized carbons (Fsp3) is 0.0714. The molecule has 0 saturated carbocycles. The Morgan fingerprint density at radius 1 is 0.947 bits per heavy atom. The molecule has 0 aromatic heterocycles. The largest absolute Gasteiger partial charge is 0.318 e. The van der Waals surface area contributed by atoms with Gasteiger partial charge in [0.25, 0.3) is 0 Å². The third kappa shape index (κ3) is 2.51. The molecule has 98 valence electrons. The molecule has 0 spiro atoms. The Kier molecular flexibility index (Phi) is 3.66. The summed E-state index contributed by atoms with van der Waals surface area (Å²) in [5.74, 6) is -5.34. The molecule has 0 saturated heterocycles. The van der Waals surface area contributed by atoms with Crippen molar-refractivity contribution >= 4 is 5.78 Å². The average molecular weight is 265 g/mol. The Hall–Kier alpha value is -2.14. The maximum absolute atomic E-state index is 13.5. The maximum atomic E-state index is 13.5. The fourth-order valence-corrected chi connectivity index (χ4v) is 1.70. The third-order valence-electron chi connectivity index (χ3n) is 2.74. The van der Waals surface area contributed by atoms with E-state index in [1.54, 1.807) is 30.3 Å². The first kappa shape index (κ1) is 13.3. The van der Waals surface area contributed by atoms with Crippen molar-refractivity contribution in [2.75, 3.05) is 0 Å². The van der Waals surface area contributed by atoms with Crippen molar-refractivity contribution in [3.8, 4) is 0 Å². The van der Waals surface area contributed by atoms with Gasteiger partial charge in [-0.15, -0.1) is 0 Å². The van der Waals surface area contributed by atoms with Gasteiger partial charge in [-0.05, 0) is 17.7 Å². The number of hydrogen-bond donors (Lipinski definition) is 1. The SMILES string of the molecule is N[C@@H](C(=O)c1ccc(F)c(F)c1F)c1ccccc1. The fourth-order valence-electron chi connectivity index (χ4n) is 1.70. The Morgan fingerprint density at radius 2 is 1.58 bits per heavy atom. The van der Waals surface area contributed by atoms with Crippen molar-refractivity contribution in [3.05, 3.63) is 71.0 Å². The molecule has 0 aliphatic heterocycles. The Labute approximate surface area is 107 Å². The molecular formula is C14H10F3NO. The van der Waals surface area contributed by atoms with Crippen molar-refractivity contribution in [2.24, 2.45) is 5.73 Å². The molecule has 2 N–H and O–H groups in total. The summed E-state index contributed by atoms with van der Waals surface area (Å²) in [4.78, 5) is 12.0. The molecule has 0 aliphatic rings. The number of halogens is 3. The van der Waals surface area contributed by atoms with Gasteiger partial charge in [-0.2, -0.15) is 0 Å². The van der Waals surface area contributed by atoms with Crippen LogP contribution in [0.3, 0.4) is 0 Å². The lowest BCUT2D eigenvalue weighted by atomic mass is 9.98. The number of carbonyl (C=O) groups is 1. The van der Waals surface area contributed by atoms with Crippen molar-refractivity contribution in [2.45, 2.75) is 6.04 Å². The molecule has 2 aromatic carbocycles. The molecule has 2 nitrogen and oxygen atoms in total. The monoisotopic (exact) mass is 265 g/mol. The second-order valence-electron chi connectivity index (χ2n) is 3.98. The summed E-state index contributed by atoms with van der Waals surface area (Å²) in [6.45, 7) is 0. The van der Waals surface area contributed by atoms with Gasteiger partial charge in [0.1, 0.15) is 0 Å². The van der Waals surface area contributed by atoms with Crippen LogP contribution < -0.4 is 5.73 Å². The van der Waals surface area contributed by atoms with E-state index in [-0.39, 0.29) is 0 Å². The molecule has 0 bridgehead atoms. The van der Waals surface area contributed by atoms with Crippen LogP contribution in [-0.2, 0) is 0 Å². The van der Waals surface area contributed by atoms with E-state index < -0.39 is 34.8 Å². The van der Waals surface area contributed by atoms with Gasteiger partial charge in [-0.25, -0.2) is 13.2 Å². The minimum absolute atomic E-state index is 0.469. The van der Waals surface area contributed by atoms with Crippen LogP contribution in [0.1, 0.15) is 22.0 Å². The van der Waals surface area contributed by atoms with Gasteiger partial charge < -0.3 is 5.73 Å². The van der Waals surface area contributed by atoms with Crippen molar-refractivity contribution < 1.29 is 18.0 Å². The van der Waals surface area contributed by atoms with Gasteiger partial charge in [-0.3, -0.25) is 4.79 Å². The third-order valence-corrected chi connectivity index (χ3v) is 2.74. The molecule has 2 aromatic rings. The average Bonchev–Trinajstić information content (AvgIpc) is 2.44. The molecule has 0 fully saturated rings. The molecule has 0 aliphatic carbocycles. The zero-order chi connectivity index (χ0) is 14.0. The zero-order valence-corrected chi connectivity index (χ0v) is 9.74. The summed E-state index contributed by atoms with van der Waals surface area (Å²) in [7, 11) is 0. The first-order valence-electron chi connectivity index (χ1n) is 5.50. The van der Waals surface area contributed by atoms with E-state index in [2.05, 4.69) is 0 Å². The lowest BCUT2D eigenvalue weighted by Crippen LogP contribution is -2.23. The molecule has 0 radical (unpaired) electrons. The van der Waals surface area contributed by atoms with Crippen LogP contribution in [0.4, 0.5) is 13.2 Å². The van der Waals surface area contributed by atoms with Gasteiger partial charge >= 0.3 is 0 Å². The van der Waals surface area contributed by atoms with Crippen LogP contribution in [0.5, 0.6) is 0 Å². The Bertz CT molecular complexity index is 614. The second-order valence-corrected chi connectivity index (χ2v) is 3.98. The molecule has 2 rings (SSSR count). The van der Waals surface area contributed by atoms with Gasteiger partial charge in [0.05, 0.1) is 11.6 Å². The number of ketones is 1. The van der Waals surface area contributed by atoms with Crippen LogP contribution in [0, 0.1) is 17.5 Å². The highest BCUT2D eigenvalue weighted by atomic mass is 19.2. The van der Waals surface area contributed by atoms with Crippen molar-refractivity contribution in [1.29, 1.82) is 0 Å². The minimum Gasteiger partial charge on any atom is -0.318 e. The lowest BCUT2D eigenvalue weighted by Gasteiger charge is -2.11. The summed E-state index contributed by atoms with van der Waals surface area (Å²) in [5, 5.41) is 0. The van der Waals surface area contributed by atoms with Crippen LogP contribution in [0.15, 0.2) is 42.5 Å². The highest BCUT2D eigenvalue weighted by molar-refractivity contribution is 6.00. The van der Waals surface area contributed by atoms with E-state index >= 15 is 0 Å². The molecule has 0 unspecified atom stereocenters. The summed E-state index contributed by atoms with van der Waals surface area (Å²) in [5.41, 5.74) is 5.60. The zero-order valence-electron chi connectivity index (χ0n) is 9.74. The second kappa shape index (κ2) is 5.24. The molecule has 0 amide bonds. The number of carbonyl (C=O) groups excluding carboxylic acids is 1. The van der Waals surface area contributed by atoms with Crippen LogP contribution in [0.2, 0.25) is 0 Å². The van der Waals surface area contributed by atoms with E-state index in [1.165, 1.54) is 0 Å². The number of rotatable bonds is 3. The molecule has 0 heterocycles. The molecule has 5 heteroatoms. The predicted octanol–water partition coefficient (Wildman–Crippen LogP) is 2.99. The van der Waals surface area contributed by atoms with Gasteiger partial charge in [0.2, 0.25) is 0 Å². The van der Waals surface area contributed by atoms with Gasteiger partial charge in [0.15, 0.2) is 23.2 Å². The Balaban J connectivity index is 2.38. The Morgan fingerprint density at radius 3 is 2.21 bits per heavy atom. The topological polar surface area (TPSA) is 43.1 Å². The quantitative estimate of drug-likeness (QED) is 0.684. The number of nitrogens with two attached hydrogens (primary N) is 1. The summed E-state index contributed by atoms with van der Waals surface area (Å²) in [6.07, 6.45) is 0. The lowest BCUT2D eigenvalue weighted by molar-refractivity contribution is 0.0956. The first-order valence-corrected chi connectivity index (χ1v) is 5.50. The summed E-state index contributed by atoms with van der Waals surface area (Å²) >= 11 is 0. The van der Waals surface area contributed by atoms with E-state index in [1.807, 2.05) is 0 Å². The maximum Gasteiger partial charge on any atom is 0.195 e. The van der Waals surface area contributed by atoms with E-state index in [0.29, 0.717) is 11.6 Å². The van der Waals surface area contributed by atoms with Crippen LogP contribution in [-0.4, -0.2) is 5.78 Å². The summed E-state index contributed by atoms with van der Waals surface area (Å²) < 4.78 is 39.4. The van der Waals surface area contributed by atoms with Crippen LogP contribution >= 0.6 is 0 Å². The normalized spacial score (nSPS) is 12.2. The van der Waals surface area contributed by atoms with E-state index in [9.17, 15) is 18.0 Å². The number of Topliss-reactive ketones (excluding diaryl/α,β-unsaturated/α-hetero) is 1. The summed E-state index contributed by atoms with van der Waals surface area (Å²) in [6, 6.07) is 8.73. The molecule has 19 heavy (non-hydrogen) atoms. The first-order chi connectivity index (χ1) is 9.02.